The predicted octanol–water partition coefficient (Wildman–Crippen LogP) is 3.08. The fraction of sp³-hybridized carbons (Fsp3) is 0.588. The number of carbonyl (C=O) groups is 2. The lowest BCUT2D eigenvalue weighted by Crippen LogP contribution is -2.55. The number of hydrogen-bond acceptors (Lipinski definition) is 6. The summed E-state index contributed by atoms with van der Waals surface area (Å²) in [5.74, 6) is 0.122. The number of halogens is 1. The van der Waals surface area contributed by atoms with Crippen molar-refractivity contribution in [2.24, 2.45) is 0 Å². The lowest BCUT2D eigenvalue weighted by Gasteiger charge is -2.41. The van der Waals surface area contributed by atoms with Gasteiger partial charge in [-0.2, -0.15) is 0 Å². The molecule has 2 rings (SSSR count). The first-order valence-electron chi connectivity index (χ1n) is 8.11. The van der Waals surface area contributed by atoms with Crippen LogP contribution in [0, 0.1) is 0 Å². The first kappa shape index (κ1) is 19.5. The Balaban J connectivity index is 2.17. The van der Waals surface area contributed by atoms with Gasteiger partial charge in [0.2, 0.25) is 0 Å². The summed E-state index contributed by atoms with van der Waals surface area (Å²) in [7, 11) is 1.34. The van der Waals surface area contributed by atoms with Gasteiger partial charge in [0.25, 0.3) is 0 Å². The van der Waals surface area contributed by atoms with Crippen LogP contribution in [0.15, 0.2) is 16.7 Å². The first-order chi connectivity index (χ1) is 11.6. The molecule has 2 heterocycles. The zero-order chi connectivity index (χ0) is 18.8. The van der Waals surface area contributed by atoms with Crippen molar-refractivity contribution in [3.05, 3.63) is 22.3 Å². The smallest absolute Gasteiger partial charge is 0.410 e. The molecule has 1 aromatic heterocycles. The minimum Gasteiger partial charge on any atom is -0.465 e. The second-order valence-electron chi connectivity index (χ2n) is 6.99. The Labute approximate surface area is 156 Å². The van der Waals surface area contributed by atoms with Crippen LogP contribution >= 0.6 is 15.9 Å². The van der Waals surface area contributed by atoms with Crippen molar-refractivity contribution in [1.29, 1.82) is 0 Å². The Morgan fingerprint density at radius 2 is 2.00 bits per heavy atom. The SMILES string of the molecule is COC(=O)c1cc(Br)cnc1N1CCN(C(=O)OC(C)(C)C)CC1C. The molecule has 8 heteroatoms. The molecular weight excluding hydrogens is 390 g/mol. The third-order valence-electron chi connectivity index (χ3n) is 3.79. The lowest BCUT2D eigenvalue weighted by molar-refractivity contribution is 0.0217. The maximum absolute atomic E-state index is 12.3. The van der Waals surface area contributed by atoms with Gasteiger partial charge in [-0.25, -0.2) is 14.6 Å². The van der Waals surface area contributed by atoms with Crippen LogP contribution in [-0.2, 0) is 9.47 Å². The predicted molar refractivity (Wildman–Crippen MR) is 97.9 cm³/mol. The van der Waals surface area contributed by atoms with Crippen LogP contribution in [0.25, 0.3) is 0 Å². The van der Waals surface area contributed by atoms with Gasteiger partial charge in [0.05, 0.1) is 7.11 Å². The van der Waals surface area contributed by atoms with Crippen LogP contribution < -0.4 is 4.90 Å². The molecule has 0 bridgehead atoms. The number of anilines is 1. The number of esters is 1. The molecule has 25 heavy (non-hydrogen) atoms. The van der Waals surface area contributed by atoms with Gasteiger partial charge < -0.3 is 19.3 Å². The average molecular weight is 414 g/mol. The average Bonchev–Trinajstić information content (AvgIpc) is 2.52. The molecule has 0 radical (unpaired) electrons. The van der Waals surface area contributed by atoms with E-state index in [-0.39, 0.29) is 12.1 Å². The van der Waals surface area contributed by atoms with E-state index in [9.17, 15) is 9.59 Å². The highest BCUT2D eigenvalue weighted by Crippen LogP contribution is 2.26. The number of aromatic nitrogens is 1. The summed E-state index contributed by atoms with van der Waals surface area (Å²) in [6, 6.07) is 1.68. The Morgan fingerprint density at radius 3 is 2.56 bits per heavy atom. The van der Waals surface area contributed by atoms with Crippen molar-refractivity contribution in [2.45, 2.75) is 39.3 Å². The Bertz CT molecular complexity index is 660. The summed E-state index contributed by atoms with van der Waals surface area (Å²) < 4.78 is 11.0. The van der Waals surface area contributed by atoms with Crippen molar-refractivity contribution in [2.75, 3.05) is 31.6 Å². The van der Waals surface area contributed by atoms with Crippen LogP contribution in [0.3, 0.4) is 0 Å². The van der Waals surface area contributed by atoms with Gasteiger partial charge in [-0.1, -0.05) is 0 Å². The first-order valence-corrected chi connectivity index (χ1v) is 8.90. The molecule has 1 amide bonds. The van der Waals surface area contributed by atoms with Crippen molar-refractivity contribution < 1.29 is 19.1 Å². The van der Waals surface area contributed by atoms with E-state index in [0.29, 0.717) is 35.5 Å². The summed E-state index contributed by atoms with van der Waals surface area (Å²) in [4.78, 5) is 32.4. The van der Waals surface area contributed by atoms with Gasteiger partial charge in [-0.15, -0.1) is 0 Å². The number of hydrogen-bond donors (Lipinski definition) is 0. The summed E-state index contributed by atoms with van der Waals surface area (Å²) in [6.07, 6.45) is 1.32. The summed E-state index contributed by atoms with van der Waals surface area (Å²) in [5.41, 5.74) is -0.127. The molecule has 1 aromatic rings. The van der Waals surface area contributed by atoms with E-state index in [0.717, 1.165) is 0 Å². The Kier molecular flexibility index (Phi) is 5.92. The number of carbonyl (C=O) groups excluding carboxylic acids is 2. The third-order valence-corrected chi connectivity index (χ3v) is 4.22. The second kappa shape index (κ2) is 7.59. The van der Waals surface area contributed by atoms with Gasteiger partial charge in [-0.3, -0.25) is 0 Å². The van der Waals surface area contributed by atoms with Crippen LogP contribution in [0.2, 0.25) is 0 Å². The number of rotatable bonds is 2. The van der Waals surface area contributed by atoms with Gasteiger partial charge in [0.1, 0.15) is 17.0 Å². The van der Waals surface area contributed by atoms with Gasteiger partial charge in [0, 0.05) is 36.3 Å². The molecule has 0 saturated carbocycles. The highest BCUT2D eigenvalue weighted by Gasteiger charge is 2.32. The minimum absolute atomic E-state index is 0.0154. The molecule has 0 aliphatic carbocycles. The maximum atomic E-state index is 12.3. The van der Waals surface area contributed by atoms with E-state index in [1.54, 1.807) is 17.2 Å². The van der Waals surface area contributed by atoms with E-state index >= 15 is 0 Å². The maximum Gasteiger partial charge on any atom is 0.410 e. The van der Waals surface area contributed by atoms with Crippen LogP contribution in [0.1, 0.15) is 38.1 Å². The number of methoxy groups -OCH3 is 1. The number of nitrogens with zero attached hydrogens (tertiary/aromatic N) is 3. The number of pyridine rings is 1. The molecule has 1 unspecified atom stereocenters. The molecule has 0 aromatic carbocycles. The van der Waals surface area contributed by atoms with E-state index in [1.165, 1.54) is 7.11 Å². The fourth-order valence-electron chi connectivity index (χ4n) is 2.69. The van der Waals surface area contributed by atoms with E-state index in [1.807, 2.05) is 32.6 Å². The number of ether oxygens (including phenoxy) is 2. The molecule has 0 spiro atoms. The molecule has 138 valence electrons. The Morgan fingerprint density at radius 1 is 1.32 bits per heavy atom. The van der Waals surface area contributed by atoms with Crippen LogP contribution in [0.5, 0.6) is 0 Å². The minimum atomic E-state index is -0.525. The number of piperazine rings is 1. The number of amides is 1. The Hall–Kier alpha value is -1.83. The standard InChI is InChI=1S/C17H24BrN3O4/c1-11-10-20(16(23)25-17(2,3)4)6-7-21(11)14-13(15(22)24-5)8-12(18)9-19-14/h8-9,11H,6-7,10H2,1-5H3. The molecule has 1 fully saturated rings. The zero-order valence-corrected chi connectivity index (χ0v) is 16.8. The topological polar surface area (TPSA) is 72.0 Å². The van der Waals surface area contributed by atoms with Crippen LogP contribution in [0.4, 0.5) is 10.6 Å². The molecular formula is C17H24BrN3O4. The summed E-state index contributed by atoms with van der Waals surface area (Å²) in [5, 5.41) is 0. The van der Waals surface area contributed by atoms with Gasteiger partial charge >= 0.3 is 12.1 Å². The highest BCUT2D eigenvalue weighted by atomic mass is 79.9. The third kappa shape index (κ3) is 4.84. The van der Waals surface area contributed by atoms with E-state index in [4.69, 9.17) is 9.47 Å². The quantitative estimate of drug-likeness (QED) is 0.693. The normalized spacial score (nSPS) is 18.1. The summed E-state index contributed by atoms with van der Waals surface area (Å²) >= 11 is 3.33. The van der Waals surface area contributed by atoms with E-state index in [2.05, 4.69) is 20.9 Å². The second-order valence-corrected chi connectivity index (χ2v) is 7.90. The summed E-state index contributed by atoms with van der Waals surface area (Å²) in [6.45, 7) is 9.07. The zero-order valence-electron chi connectivity index (χ0n) is 15.2. The molecule has 1 aliphatic heterocycles. The largest absolute Gasteiger partial charge is 0.465 e. The van der Waals surface area contributed by atoms with Crippen molar-refractivity contribution in [3.8, 4) is 0 Å². The van der Waals surface area contributed by atoms with E-state index < -0.39 is 11.6 Å². The van der Waals surface area contributed by atoms with Crippen molar-refractivity contribution in [3.63, 3.8) is 0 Å². The molecule has 7 nitrogen and oxygen atoms in total. The van der Waals surface area contributed by atoms with Gasteiger partial charge in [0.15, 0.2) is 0 Å². The fourth-order valence-corrected chi connectivity index (χ4v) is 3.02. The highest BCUT2D eigenvalue weighted by molar-refractivity contribution is 9.10. The molecule has 1 saturated heterocycles. The van der Waals surface area contributed by atoms with Crippen molar-refractivity contribution >= 4 is 33.8 Å². The van der Waals surface area contributed by atoms with Gasteiger partial charge in [-0.05, 0) is 49.7 Å². The van der Waals surface area contributed by atoms with Crippen molar-refractivity contribution in [1.82, 2.24) is 9.88 Å². The monoisotopic (exact) mass is 413 g/mol. The van der Waals surface area contributed by atoms with Crippen LogP contribution in [-0.4, -0.2) is 60.3 Å². The lowest BCUT2D eigenvalue weighted by atomic mass is 10.1. The molecule has 0 N–H and O–H groups in total. The molecule has 1 atom stereocenters. The molecule has 1 aliphatic rings.